The predicted octanol–water partition coefficient (Wildman–Crippen LogP) is 5.02. The molecule has 0 radical (unpaired) electrons. The first-order chi connectivity index (χ1) is 17.0. The van der Waals surface area contributed by atoms with E-state index in [1.165, 1.54) is 29.3 Å². The number of halogens is 2. The van der Waals surface area contributed by atoms with Crippen LogP contribution in [0.25, 0.3) is 28.1 Å². The summed E-state index contributed by atoms with van der Waals surface area (Å²) in [7, 11) is -5.92. The van der Waals surface area contributed by atoms with E-state index in [2.05, 4.69) is 5.10 Å². The van der Waals surface area contributed by atoms with Gasteiger partial charge in [0.1, 0.15) is 5.69 Å². The number of aromatic nitrogens is 2. The van der Waals surface area contributed by atoms with E-state index in [9.17, 15) is 25.6 Å². The van der Waals surface area contributed by atoms with Crippen molar-refractivity contribution in [2.45, 2.75) is 21.1 Å². The second-order valence-corrected chi connectivity index (χ2v) is 12.8. The van der Waals surface area contributed by atoms with Gasteiger partial charge in [-0.3, -0.25) is 8.42 Å². The van der Waals surface area contributed by atoms with Crippen LogP contribution in [-0.2, 0) is 31.4 Å². The highest BCUT2D eigenvalue weighted by Gasteiger charge is 2.27. The summed E-state index contributed by atoms with van der Waals surface area (Å²) < 4.78 is 77.5. The van der Waals surface area contributed by atoms with E-state index in [-0.39, 0.29) is 10.5 Å². The van der Waals surface area contributed by atoms with E-state index in [0.717, 1.165) is 6.26 Å². The molecule has 36 heavy (non-hydrogen) atoms. The summed E-state index contributed by atoms with van der Waals surface area (Å²) >= 11 is 0. The Balaban J connectivity index is 2.01. The molecule has 0 aliphatic rings. The second kappa shape index (κ2) is 10.2. The molecule has 11 heteroatoms. The monoisotopic (exact) mass is 548 g/mol. The maximum Gasteiger partial charge on any atom is 0.282 e. The fraction of sp³-hybridized carbons (Fsp3) is 0.160. The van der Waals surface area contributed by atoms with Crippen LogP contribution in [0, 0.1) is 0 Å². The van der Waals surface area contributed by atoms with Gasteiger partial charge in [0, 0.05) is 61.3 Å². The minimum Gasteiger partial charge on any atom is -0.255 e. The van der Waals surface area contributed by atoms with Crippen molar-refractivity contribution in [1.29, 1.82) is 0 Å². The molecule has 0 amide bonds. The third kappa shape index (κ3) is 5.23. The van der Waals surface area contributed by atoms with Crippen molar-refractivity contribution in [1.82, 2.24) is 9.78 Å². The van der Waals surface area contributed by atoms with E-state index < -0.39 is 43.6 Å². The highest BCUT2D eigenvalue weighted by molar-refractivity contribution is 7.90. The number of hydrogen-bond donors (Lipinski definition) is 0. The first kappa shape index (κ1) is 26.1. The average molecular weight is 549 g/mol. The Morgan fingerprint density at radius 2 is 1.25 bits per heavy atom. The molecule has 6 nitrogen and oxygen atoms in total. The van der Waals surface area contributed by atoms with Gasteiger partial charge < -0.3 is 0 Å². The SMILES string of the molecule is CS(=O)c1ccc(-c2c(C(F)F)nn(-c3ccc(S(C)=O)cc3)c2-c2ccc(S(C)(=O)=O)cc2)cc1. The van der Waals surface area contributed by atoms with Crippen molar-refractivity contribution in [3.8, 4) is 28.1 Å². The largest absolute Gasteiger partial charge is 0.282 e. The van der Waals surface area contributed by atoms with Crippen LogP contribution >= 0.6 is 0 Å². The topological polar surface area (TPSA) is 86.1 Å². The smallest absolute Gasteiger partial charge is 0.255 e. The van der Waals surface area contributed by atoms with Crippen LogP contribution in [0.15, 0.2) is 87.5 Å². The molecule has 0 aliphatic carbocycles. The Morgan fingerprint density at radius 3 is 1.69 bits per heavy atom. The third-order valence-electron chi connectivity index (χ3n) is 5.56. The molecule has 3 aromatic carbocycles. The van der Waals surface area contributed by atoms with Crippen molar-refractivity contribution in [2.75, 3.05) is 18.8 Å². The van der Waals surface area contributed by atoms with Crippen LogP contribution in [-0.4, -0.2) is 45.4 Å². The molecule has 4 aromatic rings. The van der Waals surface area contributed by atoms with E-state index in [1.807, 2.05) is 0 Å². The van der Waals surface area contributed by atoms with E-state index in [4.69, 9.17) is 0 Å². The van der Waals surface area contributed by atoms with E-state index in [0.29, 0.717) is 32.3 Å². The Bertz CT molecular complexity index is 1560. The Hall–Kier alpha value is -3.02. The maximum atomic E-state index is 14.3. The highest BCUT2D eigenvalue weighted by Crippen LogP contribution is 2.41. The van der Waals surface area contributed by atoms with Crippen LogP contribution in [0.2, 0.25) is 0 Å². The van der Waals surface area contributed by atoms with Crippen LogP contribution < -0.4 is 0 Å². The quantitative estimate of drug-likeness (QED) is 0.324. The molecule has 188 valence electrons. The molecule has 0 N–H and O–H groups in total. The summed E-state index contributed by atoms with van der Waals surface area (Å²) in [6.07, 6.45) is 1.25. The minimum atomic E-state index is -3.46. The van der Waals surface area contributed by atoms with Gasteiger partial charge in [-0.2, -0.15) is 5.10 Å². The van der Waals surface area contributed by atoms with Crippen LogP contribution in [0.4, 0.5) is 8.78 Å². The van der Waals surface area contributed by atoms with Gasteiger partial charge >= 0.3 is 0 Å². The molecule has 1 aromatic heterocycles. The molecule has 0 saturated heterocycles. The van der Waals surface area contributed by atoms with Gasteiger partial charge in [0.15, 0.2) is 9.84 Å². The van der Waals surface area contributed by atoms with Gasteiger partial charge in [-0.25, -0.2) is 21.9 Å². The molecule has 0 spiro atoms. The Kier molecular flexibility index (Phi) is 7.35. The van der Waals surface area contributed by atoms with Crippen LogP contribution in [0.1, 0.15) is 12.1 Å². The predicted molar refractivity (Wildman–Crippen MR) is 137 cm³/mol. The zero-order valence-corrected chi connectivity index (χ0v) is 22.0. The molecule has 4 rings (SSSR count). The van der Waals surface area contributed by atoms with E-state index in [1.54, 1.807) is 60.7 Å². The standard InChI is InChI=1S/C25H22F2N2O4S3/c1-34(30)19-10-4-16(5-11-19)22-23(25(26)27)28-29(18-8-12-20(13-9-18)35(2)31)24(22)17-6-14-21(15-7-17)36(3,32)33/h4-15,25H,1-3H3. The van der Waals surface area contributed by atoms with Gasteiger partial charge in [0.25, 0.3) is 6.43 Å². The maximum absolute atomic E-state index is 14.3. The zero-order chi connectivity index (χ0) is 26.2. The molecule has 1 heterocycles. The molecule has 0 fully saturated rings. The van der Waals surface area contributed by atoms with E-state index >= 15 is 0 Å². The zero-order valence-electron chi connectivity index (χ0n) is 19.5. The molecular weight excluding hydrogens is 526 g/mol. The van der Waals surface area contributed by atoms with Crippen molar-refractivity contribution in [3.63, 3.8) is 0 Å². The normalized spacial score (nSPS) is 13.6. The Labute approximate surface area is 212 Å². The van der Waals surface area contributed by atoms with Crippen molar-refractivity contribution >= 4 is 31.4 Å². The lowest BCUT2D eigenvalue weighted by Gasteiger charge is -2.12. The lowest BCUT2D eigenvalue weighted by Crippen LogP contribution is -2.01. The molecule has 2 unspecified atom stereocenters. The van der Waals surface area contributed by atoms with Gasteiger partial charge in [0.2, 0.25) is 0 Å². The van der Waals surface area contributed by atoms with Gasteiger partial charge in [-0.05, 0) is 54.1 Å². The number of alkyl halides is 2. The fourth-order valence-electron chi connectivity index (χ4n) is 3.78. The second-order valence-electron chi connectivity index (χ2n) is 8.04. The molecule has 0 aliphatic heterocycles. The number of rotatable bonds is 7. The lowest BCUT2D eigenvalue weighted by molar-refractivity contribution is 0.146. The van der Waals surface area contributed by atoms with Crippen molar-refractivity contribution < 1.29 is 25.6 Å². The van der Waals surface area contributed by atoms with Gasteiger partial charge in [-0.1, -0.05) is 24.3 Å². The number of sulfone groups is 1. The summed E-state index contributed by atoms with van der Waals surface area (Å²) in [5, 5.41) is 4.25. The summed E-state index contributed by atoms with van der Waals surface area (Å²) in [4.78, 5) is 1.21. The number of benzene rings is 3. The van der Waals surface area contributed by atoms with Gasteiger partial charge in [0.05, 0.1) is 16.3 Å². The van der Waals surface area contributed by atoms with Crippen molar-refractivity contribution in [3.05, 3.63) is 78.5 Å². The number of nitrogens with zero attached hydrogens (tertiary/aromatic N) is 2. The molecule has 0 bridgehead atoms. The first-order valence-corrected chi connectivity index (χ1v) is 15.6. The summed E-state index contributed by atoms with van der Waals surface area (Å²) in [5.74, 6) is 0. The minimum absolute atomic E-state index is 0.0949. The first-order valence-electron chi connectivity index (χ1n) is 10.6. The molecule has 2 atom stereocenters. The fourth-order valence-corrected chi connectivity index (χ4v) is 5.45. The average Bonchev–Trinajstić information content (AvgIpc) is 3.24. The van der Waals surface area contributed by atoms with Gasteiger partial charge in [-0.15, -0.1) is 0 Å². The number of hydrogen-bond acceptors (Lipinski definition) is 5. The molecular formula is C25H22F2N2O4S3. The Morgan fingerprint density at radius 1 is 0.778 bits per heavy atom. The van der Waals surface area contributed by atoms with Crippen LogP contribution in [0.5, 0.6) is 0 Å². The summed E-state index contributed by atoms with van der Waals surface area (Å²) in [6.45, 7) is 0. The molecule has 0 saturated carbocycles. The summed E-state index contributed by atoms with van der Waals surface area (Å²) in [5.41, 5.74) is 1.44. The highest BCUT2D eigenvalue weighted by atomic mass is 32.2. The lowest BCUT2D eigenvalue weighted by atomic mass is 9.98. The van der Waals surface area contributed by atoms with Crippen molar-refractivity contribution in [2.24, 2.45) is 0 Å². The third-order valence-corrected chi connectivity index (χ3v) is 8.56. The van der Waals surface area contributed by atoms with Crippen LogP contribution in [0.3, 0.4) is 0 Å². The summed E-state index contributed by atoms with van der Waals surface area (Å²) in [6, 6.07) is 18.9.